The molecule has 0 fully saturated rings. The molecule has 0 aliphatic rings. The first-order valence-corrected chi connectivity index (χ1v) is 4.30. The van der Waals surface area contributed by atoms with Crippen molar-refractivity contribution >= 4 is 5.97 Å². The van der Waals surface area contributed by atoms with E-state index < -0.39 is 11.6 Å². The van der Waals surface area contributed by atoms with Crippen LogP contribution in [0.1, 0.15) is 30.0 Å². The zero-order chi connectivity index (χ0) is 10.9. The molecule has 1 aromatic rings. The maximum atomic E-state index is 10.8. The first kappa shape index (κ1) is 18.0. The minimum atomic E-state index is -1.03. The molecule has 1 aromatic heterocycles. The fraction of sp³-hybridized carbons (Fsp3) is 0.556. The average Bonchev–Trinajstić information content (AvgIpc) is 2.27. The molecule has 0 radical (unpaired) electrons. The summed E-state index contributed by atoms with van der Waals surface area (Å²) in [5.41, 5.74) is -0.237. The van der Waals surface area contributed by atoms with E-state index in [0.717, 1.165) is 0 Å². The van der Waals surface area contributed by atoms with Crippen LogP contribution in [-0.4, -0.2) is 37.0 Å². The van der Waals surface area contributed by atoms with E-state index in [1.54, 1.807) is 20.8 Å². The summed E-state index contributed by atoms with van der Waals surface area (Å²) in [6.07, 6.45) is 0. The molecule has 1 rings (SSSR count). The summed E-state index contributed by atoms with van der Waals surface area (Å²) in [7, 11) is 0. The van der Waals surface area contributed by atoms with Crippen molar-refractivity contribution < 1.29 is 50.0 Å². The molecular weight excluding hydrogens is 223 g/mol. The van der Waals surface area contributed by atoms with Gasteiger partial charge in [0.15, 0.2) is 0 Å². The van der Waals surface area contributed by atoms with Crippen molar-refractivity contribution in [1.82, 2.24) is 9.78 Å². The third-order valence-corrected chi connectivity index (χ3v) is 1.66. The van der Waals surface area contributed by atoms with Gasteiger partial charge in [-0.1, -0.05) is 0 Å². The molecule has 7 heteroatoms. The van der Waals surface area contributed by atoms with Gasteiger partial charge in [-0.15, -0.1) is 0 Å². The summed E-state index contributed by atoms with van der Waals surface area (Å²) in [6.45, 7) is 5.10. The van der Waals surface area contributed by atoms with Crippen LogP contribution in [0.2, 0.25) is 0 Å². The first-order chi connectivity index (χ1) is 6.29. The zero-order valence-corrected chi connectivity index (χ0v) is 11.9. The molecule has 0 unspecified atom stereocenters. The van der Waals surface area contributed by atoms with E-state index in [1.165, 1.54) is 10.7 Å². The van der Waals surface area contributed by atoms with Gasteiger partial charge in [-0.3, -0.25) is 4.68 Å². The number of hydrogen-bond donors (Lipinski definition) is 2. The van der Waals surface area contributed by atoms with Crippen LogP contribution in [0.4, 0.5) is 0 Å². The van der Waals surface area contributed by atoms with Gasteiger partial charge in [-0.2, -0.15) is 5.10 Å². The van der Waals surface area contributed by atoms with E-state index in [1.807, 2.05) is 0 Å². The number of rotatable bonds is 3. The molecule has 0 amide bonds. The molecular formula is C9H15N2NaO4. The van der Waals surface area contributed by atoms with Crippen LogP contribution in [0.5, 0.6) is 0 Å². The van der Waals surface area contributed by atoms with Crippen LogP contribution >= 0.6 is 0 Å². The van der Waals surface area contributed by atoms with E-state index >= 15 is 0 Å². The number of carboxylic acid groups (broad SMARTS) is 1. The summed E-state index contributed by atoms with van der Waals surface area (Å²) in [6, 6.07) is 1.48. The molecule has 16 heavy (non-hydrogen) atoms. The van der Waals surface area contributed by atoms with Crippen LogP contribution in [-0.2, 0) is 6.54 Å². The van der Waals surface area contributed by atoms with Crippen molar-refractivity contribution in [2.24, 2.45) is 0 Å². The van der Waals surface area contributed by atoms with Crippen molar-refractivity contribution in [1.29, 1.82) is 0 Å². The third kappa shape index (κ3) is 5.09. The minimum absolute atomic E-state index is 0. The molecule has 3 N–H and O–H groups in total. The molecule has 0 saturated carbocycles. The molecule has 86 valence electrons. The number of aromatic carboxylic acids is 1. The maximum absolute atomic E-state index is 10.8. The average molecular weight is 238 g/mol. The third-order valence-electron chi connectivity index (χ3n) is 1.66. The molecule has 0 spiro atoms. The zero-order valence-electron chi connectivity index (χ0n) is 9.93. The van der Waals surface area contributed by atoms with Crippen LogP contribution in [0, 0.1) is 6.92 Å². The number of aromatic nitrogens is 2. The van der Waals surface area contributed by atoms with Crippen LogP contribution in [0.25, 0.3) is 0 Å². The molecule has 0 atom stereocenters. The summed E-state index contributed by atoms with van der Waals surface area (Å²) in [4.78, 5) is 10.8. The van der Waals surface area contributed by atoms with Gasteiger partial charge < -0.3 is 15.7 Å². The molecule has 6 nitrogen and oxygen atoms in total. The van der Waals surface area contributed by atoms with E-state index in [4.69, 9.17) is 5.11 Å². The van der Waals surface area contributed by atoms with Crippen molar-refractivity contribution in [2.45, 2.75) is 32.9 Å². The fourth-order valence-electron chi connectivity index (χ4n) is 1.20. The Bertz CT molecular complexity index is 357. The second kappa shape index (κ2) is 6.36. The molecule has 0 aliphatic carbocycles. The van der Waals surface area contributed by atoms with Gasteiger partial charge in [0.25, 0.3) is 0 Å². The number of hydrogen-bond acceptors (Lipinski definition) is 4. The maximum Gasteiger partial charge on any atom is 1.00 e. The largest absolute Gasteiger partial charge is 1.00 e. The van der Waals surface area contributed by atoms with E-state index in [0.29, 0.717) is 5.69 Å². The Hall–Kier alpha value is -0.400. The van der Waals surface area contributed by atoms with Gasteiger partial charge >= 0.3 is 35.5 Å². The van der Waals surface area contributed by atoms with Crippen LogP contribution < -0.4 is 29.6 Å². The normalized spacial score (nSPS) is 10.2. The predicted molar refractivity (Wildman–Crippen MR) is 52.2 cm³/mol. The smallest absolute Gasteiger partial charge is 0.870 e. The van der Waals surface area contributed by atoms with Gasteiger partial charge in [0.2, 0.25) is 0 Å². The molecule has 0 bridgehead atoms. The Kier molecular flexibility index (Phi) is 7.15. The summed E-state index contributed by atoms with van der Waals surface area (Å²) in [5.74, 6) is -1.03. The topological polar surface area (TPSA) is 105 Å². The quantitative estimate of drug-likeness (QED) is 0.566. The first-order valence-electron chi connectivity index (χ1n) is 4.30. The number of nitrogens with zero attached hydrogens (tertiary/aromatic N) is 2. The Labute approximate surface area is 116 Å². The summed E-state index contributed by atoms with van der Waals surface area (Å²) >= 11 is 0. The Morgan fingerprint density at radius 2 is 2.06 bits per heavy atom. The fourth-order valence-corrected chi connectivity index (χ4v) is 1.20. The summed E-state index contributed by atoms with van der Waals surface area (Å²) < 4.78 is 1.30. The number of carboxylic acids is 1. The predicted octanol–water partition coefficient (Wildman–Crippen LogP) is -2.51. The van der Waals surface area contributed by atoms with Crippen LogP contribution in [0.15, 0.2) is 6.07 Å². The Balaban J connectivity index is 0. The molecule has 0 saturated heterocycles. The van der Waals surface area contributed by atoms with Gasteiger partial charge in [-0.05, 0) is 26.8 Å². The molecule has 0 aliphatic heterocycles. The van der Waals surface area contributed by atoms with Gasteiger partial charge in [0.1, 0.15) is 5.69 Å². The van der Waals surface area contributed by atoms with Gasteiger partial charge in [0.05, 0.1) is 17.8 Å². The van der Waals surface area contributed by atoms with Gasteiger partial charge in [0, 0.05) is 0 Å². The van der Waals surface area contributed by atoms with Crippen molar-refractivity contribution in [3.05, 3.63) is 17.5 Å². The van der Waals surface area contributed by atoms with Crippen molar-refractivity contribution in [3.63, 3.8) is 0 Å². The van der Waals surface area contributed by atoms with E-state index in [-0.39, 0.29) is 47.3 Å². The number of carbonyl (C=O) groups is 1. The second-order valence-electron chi connectivity index (χ2n) is 3.95. The monoisotopic (exact) mass is 238 g/mol. The standard InChI is InChI=1S/C9H14N2O3.Na.H2O/c1-6-4-7(8(12)13)11(10-6)5-9(2,3)14;;/h4,14H,5H2,1-3H3,(H,12,13);;1H2/q;+1;/p-1. The SMILES string of the molecule is Cc1cc(C(=O)O)n(CC(C)(C)O)n1.[Na+].[OH-]. The van der Waals surface area contributed by atoms with Crippen molar-refractivity contribution in [2.75, 3.05) is 0 Å². The molecule has 1 heterocycles. The van der Waals surface area contributed by atoms with E-state index in [2.05, 4.69) is 5.10 Å². The minimum Gasteiger partial charge on any atom is -0.870 e. The Morgan fingerprint density at radius 1 is 1.56 bits per heavy atom. The van der Waals surface area contributed by atoms with Crippen LogP contribution in [0.3, 0.4) is 0 Å². The summed E-state index contributed by atoms with van der Waals surface area (Å²) in [5, 5.41) is 22.4. The van der Waals surface area contributed by atoms with E-state index in [9.17, 15) is 9.90 Å². The number of aryl methyl sites for hydroxylation is 1. The Morgan fingerprint density at radius 3 is 2.44 bits per heavy atom. The second-order valence-corrected chi connectivity index (χ2v) is 3.95. The van der Waals surface area contributed by atoms with Crippen molar-refractivity contribution in [3.8, 4) is 0 Å². The van der Waals surface area contributed by atoms with Gasteiger partial charge in [-0.25, -0.2) is 4.79 Å². The number of aliphatic hydroxyl groups is 1. The molecule has 0 aromatic carbocycles.